The normalized spacial score (nSPS) is 9.69. The molecule has 4 nitrogen and oxygen atoms in total. The molecule has 0 saturated carbocycles. The first-order valence-corrected chi connectivity index (χ1v) is 5.84. The van der Waals surface area contributed by atoms with Gasteiger partial charge < -0.3 is 14.2 Å². The zero-order valence-electron chi connectivity index (χ0n) is 9.16. The Morgan fingerprint density at radius 2 is 2.12 bits per heavy atom. The van der Waals surface area contributed by atoms with Gasteiger partial charge in [0.1, 0.15) is 5.75 Å². The van der Waals surface area contributed by atoms with Gasteiger partial charge in [-0.05, 0) is 12.1 Å². The Labute approximate surface area is 103 Å². The molecule has 0 amide bonds. The molecule has 0 atom stereocenters. The van der Waals surface area contributed by atoms with E-state index in [0.717, 1.165) is 5.33 Å². The van der Waals surface area contributed by atoms with Gasteiger partial charge in [-0.2, -0.15) is 0 Å². The van der Waals surface area contributed by atoms with Crippen LogP contribution in [0.5, 0.6) is 17.2 Å². The molecule has 0 radical (unpaired) electrons. The largest absolute Gasteiger partial charge is 0.493 e. The smallest absolute Gasteiger partial charge is 0.308 e. The molecule has 1 aromatic carbocycles. The van der Waals surface area contributed by atoms with Crippen LogP contribution in [0.2, 0.25) is 0 Å². The van der Waals surface area contributed by atoms with Crippen molar-refractivity contribution < 1.29 is 19.0 Å². The zero-order valence-corrected chi connectivity index (χ0v) is 10.7. The van der Waals surface area contributed by atoms with Crippen LogP contribution >= 0.6 is 15.9 Å². The Morgan fingerprint density at radius 3 is 2.69 bits per heavy atom. The number of benzene rings is 1. The fraction of sp³-hybridized carbons (Fsp3) is 0.364. The van der Waals surface area contributed by atoms with E-state index in [4.69, 9.17) is 14.2 Å². The van der Waals surface area contributed by atoms with Crippen molar-refractivity contribution in [2.45, 2.75) is 6.92 Å². The van der Waals surface area contributed by atoms with Gasteiger partial charge in [0.05, 0.1) is 13.7 Å². The van der Waals surface area contributed by atoms with Gasteiger partial charge in [0.15, 0.2) is 11.5 Å². The van der Waals surface area contributed by atoms with E-state index in [1.807, 2.05) is 0 Å². The summed E-state index contributed by atoms with van der Waals surface area (Å²) in [5.41, 5.74) is 0. The first-order chi connectivity index (χ1) is 7.67. The third-order valence-electron chi connectivity index (χ3n) is 1.73. The molecule has 0 aliphatic rings. The minimum atomic E-state index is -0.382. The monoisotopic (exact) mass is 288 g/mol. The van der Waals surface area contributed by atoms with Crippen LogP contribution in [-0.2, 0) is 4.79 Å². The van der Waals surface area contributed by atoms with Crippen LogP contribution in [0.1, 0.15) is 6.92 Å². The van der Waals surface area contributed by atoms with Gasteiger partial charge in [0.2, 0.25) is 0 Å². The van der Waals surface area contributed by atoms with Gasteiger partial charge in [0, 0.05) is 18.3 Å². The topological polar surface area (TPSA) is 44.8 Å². The van der Waals surface area contributed by atoms with Crippen molar-refractivity contribution >= 4 is 21.9 Å². The summed E-state index contributed by atoms with van der Waals surface area (Å²) in [6, 6.07) is 5.05. The lowest BCUT2D eigenvalue weighted by Crippen LogP contribution is -2.03. The van der Waals surface area contributed by atoms with Crippen LogP contribution in [0, 0.1) is 0 Å². The van der Waals surface area contributed by atoms with E-state index in [1.54, 1.807) is 18.2 Å². The third-order valence-corrected chi connectivity index (χ3v) is 2.06. The number of hydrogen-bond acceptors (Lipinski definition) is 4. The van der Waals surface area contributed by atoms with Crippen molar-refractivity contribution in [3.8, 4) is 17.2 Å². The SMILES string of the molecule is COc1cc(OCCBr)ccc1OC(C)=O. The second-order valence-electron chi connectivity index (χ2n) is 2.94. The Balaban J connectivity index is 2.83. The maximum atomic E-state index is 10.8. The number of hydrogen-bond donors (Lipinski definition) is 0. The fourth-order valence-electron chi connectivity index (χ4n) is 1.13. The second-order valence-corrected chi connectivity index (χ2v) is 3.74. The molecule has 0 heterocycles. The molecule has 1 aromatic rings. The number of halogens is 1. The molecule has 0 aliphatic carbocycles. The maximum Gasteiger partial charge on any atom is 0.308 e. The van der Waals surface area contributed by atoms with Crippen LogP contribution in [0.4, 0.5) is 0 Å². The lowest BCUT2D eigenvalue weighted by molar-refractivity contribution is -0.132. The highest BCUT2D eigenvalue weighted by atomic mass is 79.9. The molecule has 88 valence electrons. The molecule has 0 bridgehead atoms. The minimum absolute atomic E-state index is 0.382. The summed E-state index contributed by atoms with van der Waals surface area (Å²) in [4.78, 5) is 10.8. The molecule has 0 aromatic heterocycles. The highest BCUT2D eigenvalue weighted by Gasteiger charge is 2.08. The quantitative estimate of drug-likeness (QED) is 0.474. The highest BCUT2D eigenvalue weighted by molar-refractivity contribution is 9.09. The number of alkyl halides is 1. The lowest BCUT2D eigenvalue weighted by atomic mass is 10.3. The summed E-state index contributed by atoms with van der Waals surface area (Å²) in [6.45, 7) is 1.91. The van der Waals surface area contributed by atoms with Crippen molar-refractivity contribution in [1.82, 2.24) is 0 Å². The fourth-order valence-corrected chi connectivity index (χ4v) is 1.30. The van der Waals surface area contributed by atoms with Gasteiger partial charge in [-0.15, -0.1) is 0 Å². The first kappa shape index (κ1) is 12.8. The van der Waals surface area contributed by atoms with E-state index >= 15 is 0 Å². The number of esters is 1. The molecule has 16 heavy (non-hydrogen) atoms. The van der Waals surface area contributed by atoms with Gasteiger partial charge in [-0.3, -0.25) is 4.79 Å². The van der Waals surface area contributed by atoms with Gasteiger partial charge in [-0.1, -0.05) is 15.9 Å². The second kappa shape index (κ2) is 6.37. The van der Waals surface area contributed by atoms with Crippen LogP contribution in [0.25, 0.3) is 0 Å². The van der Waals surface area contributed by atoms with Crippen molar-refractivity contribution in [1.29, 1.82) is 0 Å². The number of carbonyl (C=O) groups is 1. The molecule has 0 spiro atoms. The van der Waals surface area contributed by atoms with E-state index < -0.39 is 0 Å². The Hall–Kier alpha value is -1.23. The van der Waals surface area contributed by atoms with Crippen LogP contribution in [0.15, 0.2) is 18.2 Å². The average molecular weight is 289 g/mol. The van der Waals surface area contributed by atoms with Crippen LogP contribution < -0.4 is 14.2 Å². The van der Waals surface area contributed by atoms with Gasteiger partial charge in [-0.25, -0.2) is 0 Å². The molecule has 0 unspecified atom stereocenters. The Kier molecular flexibility index (Phi) is 5.11. The zero-order chi connectivity index (χ0) is 12.0. The molecule has 0 aliphatic heterocycles. The number of carbonyl (C=O) groups excluding carboxylic acids is 1. The van der Waals surface area contributed by atoms with Gasteiger partial charge >= 0.3 is 5.97 Å². The number of rotatable bonds is 5. The van der Waals surface area contributed by atoms with Gasteiger partial charge in [0.25, 0.3) is 0 Å². The third kappa shape index (κ3) is 3.73. The van der Waals surface area contributed by atoms with Crippen molar-refractivity contribution in [2.24, 2.45) is 0 Å². The number of ether oxygens (including phenoxy) is 3. The van der Waals surface area contributed by atoms with Crippen molar-refractivity contribution in [3.63, 3.8) is 0 Å². The molecular weight excluding hydrogens is 276 g/mol. The van der Waals surface area contributed by atoms with E-state index in [2.05, 4.69) is 15.9 Å². The first-order valence-electron chi connectivity index (χ1n) is 4.72. The summed E-state index contributed by atoms with van der Waals surface area (Å²) in [5.74, 6) is 1.16. The predicted molar refractivity (Wildman–Crippen MR) is 63.6 cm³/mol. The molecule has 0 N–H and O–H groups in total. The number of methoxy groups -OCH3 is 1. The summed E-state index contributed by atoms with van der Waals surface area (Å²) in [5, 5.41) is 0.751. The lowest BCUT2D eigenvalue weighted by Gasteiger charge is -2.10. The predicted octanol–water partition coefficient (Wildman–Crippen LogP) is 2.39. The summed E-state index contributed by atoms with van der Waals surface area (Å²) < 4.78 is 15.5. The highest BCUT2D eigenvalue weighted by Crippen LogP contribution is 2.31. The standard InChI is InChI=1S/C11H13BrO4/c1-8(13)16-10-4-3-9(15-6-5-12)7-11(10)14-2/h3-4,7H,5-6H2,1-2H3. The van der Waals surface area contributed by atoms with E-state index in [-0.39, 0.29) is 5.97 Å². The summed E-state index contributed by atoms with van der Waals surface area (Å²) >= 11 is 3.26. The summed E-state index contributed by atoms with van der Waals surface area (Å²) in [7, 11) is 1.51. The van der Waals surface area contributed by atoms with Crippen LogP contribution in [0.3, 0.4) is 0 Å². The van der Waals surface area contributed by atoms with E-state index in [1.165, 1.54) is 14.0 Å². The van der Waals surface area contributed by atoms with Crippen molar-refractivity contribution in [3.05, 3.63) is 18.2 Å². The molecule has 0 saturated heterocycles. The molecule has 0 fully saturated rings. The Morgan fingerprint density at radius 1 is 1.38 bits per heavy atom. The molecule has 1 rings (SSSR count). The minimum Gasteiger partial charge on any atom is -0.493 e. The molecule has 5 heteroatoms. The van der Waals surface area contributed by atoms with E-state index in [0.29, 0.717) is 23.9 Å². The maximum absolute atomic E-state index is 10.8. The summed E-state index contributed by atoms with van der Waals surface area (Å²) in [6.07, 6.45) is 0. The van der Waals surface area contributed by atoms with Crippen molar-refractivity contribution in [2.75, 3.05) is 19.0 Å². The van der Waals surface area contributed by atoms with Crippen LogP contribution in [-0.4, -0.2) is 25.0 Å². The van der Waals surface area contributed by atoms with E-state index in [9.17, 15) is 4.79 Å². The molecular formula is C11H13BrO4. The average Bonchev–Trinajstić information content (AvgIpc) is 2.27. The Bertz CT molecular complexity index is 365.